The molecule has 0 aliphatic heterocycles. The molecule has 0 bridgehead atoms. The molecule has 16 nitrogen and oxygen atoms in total. The van der Waals surface area contributed by atoms with Gasteiger partial charge < -0.3 is 48.9 Å². The van der Waals surface area contributed by atoms with Gasteiger partial charge in [0, 0.05) is 25.2 Å². The van der Waals surface area contributed by atoms with E-state index < -0.39 is 47.7 Å². The average molecular weight is 693 g/mol. The molecule has 5 amide bonds. The third-order valence-electron chi connectivity index (χ3n) is 7.40. The van der Waals surface area contributed by atoms with Crippen LogP contribution >= 0.6 is 0 Å². The van der Waals surface area contributed by atoms with Crippen molar-refractivity contribution in [3.63, 3.8) is 0 Å². The summed E-state index contributed by atoms with van der Waals surface area (Å²) in [5.41, 5.74) is 23.7. The second-order valence-corrected chi connectivity index (χ2v) is 11.4. The number of amides is 5. The number of carbonyl (C=O) groups is 5. The normalized spacial score (nSPS) is 12.2. The van der Waals surface area contributed by atoms with Gasteiger partial charge in [0.05, 0.1) is 0 Å². The van der Waals surface area contributed by atoms with E-state index >= 15 is 0 Å². The molecule has 16 heteroatoms. The van der Waals surface area contributed by atoms with E-state index in [0.717, 1.165) is 5.56 Å². The summed E-state index contributed by atoms with van der Waals surface area (Å²) in [5, 5.41) is 18.2. The van der Waals surface area contributed by atoms with Gasteiger partial charge in [-0.2, -0.15) is 0 Å². The minimum absolute atomic E-state index is 0.0228. The second kappa shape index (κ2) is 21.8. The lowest BCUT2D eigenvalue weighted by atomic mass is 9.95. The number of unbranched alkanes of at least 4 members (excludes halogenated alkanes) is 1. The van der Waals surface area contributed by atoms with Crippen molar-refractivity contribution >= 4 is 41.5 Å². The van der Waals surface area contributed by atoms with Gasteiger partial charge in [-0.25, -0.2) is 4.79 Å². The molecular weight excluding hydrogens is 644 g/mol. The summed E-state index contributed by atoms with van der Waals surface area (Å²) >= 11 is 0. The highest BCUT2D eigenvalue weighted by Gasteiger charge is 2.31. The Balaban J connectivity index is 2.15. The van der Waals surface area contributed by atoms with Gasteiger partial charge in [0.1, 0.15) is 30.4 Å². The van der Waals surface area contributed by atoms with E-state index in [-0.39, 0.29) is 57.3 Å². The third-order valence-corrected chi connectivity index (χ3v) is 7.40. The van der Waals surface area contributed by atoms with Crippen molar-refractivity contribution in [2.24, 2.45) is 33.8 Å². The minimum atomic E-state index is -1.25. The number of rotatable bonds is 22. The molecule has 270 valence electrons. The van der Waals surface area contributed by atoms with Crippen LogP contribution in [0, 0.1) is 11.3 Å². The topological polar surface area (TPSA) is 283 Å². The summed E-state index contributed by atoms with van der Waals surface area (Å²) in [6.07, 6.45) is 2.20. The number of benzene rings is 2. The van der Waals surface area contributed by atoms with Gasteiger partial charge in [-0.1, -0.05) is 60.7 Å². The predicted molar refractivity (Wildman–Crippen MR) is 189 cm³/mol. The molecule has 2 rings (SSSR count). The fourth-order valence-electron chi connectivity index (χ4n) is 4.70. The number of nitrogens with one attached hydrogen (secondary N) is 5. The largest absolute Gasteiger partial charge is 0.445 e. The fraction of sp³-hybridized carbons (Fsp3) is 0.382. The van der Waals surface area contributed by atoms with E-state index in [0.29, 0.717) is 30.4 Å². The van der Waals surface area contributed by atoms with E-state index in [1.165, 1.54) is 6.08 Å². The molecule has 0 saturated carbocycles. The Labute approximate surface area is 291 Å². The van der Waals surface area contributed by atoms with Gasteiger partial charge >= 0.3 is 6.09 Å². The molecule has 2 aromatic rings. The number of amidine groups is 1. The molecule has 0 heterocycles. The minimum Gasteiger partial charge on any atom is -0.445 e. The zero-order chi connectivity index (χ0) is 36.9. The van der Waals surface area contributed by atoms with Gasteiger partial charge in [0.25, 0.3) is 0 Å². The van der Waals surface area contributed by atoms with Crippen molar-refractivity contribution < 1.29 is 28.7 Å². The first-order valence-corrected chi connectivity index (χ1v) is 16.1. The van der Waals surface area contributed by atoms with Crippen molar-refractivity contribution in [2.75, 3.05) is 19.6 Å². The monoisotopic (exact) mass is 692 g/mol. The number of aliphatic imine (C=N–C) groups is 1. The molecule has 0 spiro atoms. The third kappa shape index (κ3) is 15.3. The van der Waals surface area contributed by atoms with Crippen molar-refractivity contribution in [3.05, 3.63) is 83.9 Å². The van der Waals surface area contributed by atoms with Gasteiger partial charge in [-0.05, 0) is 49.7 Å². The highest BCUT2D eigenvalue weighted by molar-refractivity contribution is 6.02. The second-order valence-electron chi connectivity index (χ2n) is 11.4. The number of nitrogens with zero attached hydrogens (tertiary/aromatic N) is 1. The maximum absolute atomic E-state index is 13.7. The average Bonchev–Trinajstić information content (AvgIpc) is 3.09. The molecule has 0 aliphatic carbocycles. The smallest absolute Gasteiger partial charge is 0.407 e. The standard InChI is InChI=1S/C34H48N10O6/c1-2-17-40-30(46)25(20-22-13-15-24(16-14-22)28(35)36)31(47)44-27(32(48)43-26(29(37)45)12-8-19-41-33(38)39)11-6-7-18-42-34(49)50-21-23-9-4-3-5-10-23/h2-5,9-10,13-16,25-27H,1,6-8,11-12,17-21H2,(H3,35,36)(H2,37,45)(H,40,46)(H,42,49)(H,43,48)(H,44,47)(H4,38,39,41)/t25?,26-,27-/m0/s1. The van der Waals surface area contributed by atoms with Crippen LogP contribution in [0.3, 0.4) is 0 Å². The Morgan fingerprint density at radius 1 is 0.800 bits per heavy atom. The van der Waals surface area contributed by atoms with E-state index in [1.807, 2.05) is 30.3 Å². The maximum Gasteiger partial charge on any atom is 0.407 e. The number of nitrogens with two attached hydrogens (primary N) is 4. The number of guanidine groups is 1. The predicted octanol–water partition coefficient (Wildman–Crippen LogP) is 0.0368. The Bertz CT molecular complexity index is 1480. The molecule has 1 unspecified atom stereocenters. The molecule has 50 heavy (non-hydrogen) atoms. The van der Waals surface area contributed by atoms with Crippen LogP contribution in [0.1, 0.15) is 48.8 Å². The lowest BCUT2D eigenvalue weighted by molar-refractivity contribution is -0.138. The van der Waals surface area contributed by atoms with Gasteiger partial charge in [0.2, 0.25) is 23.6 Å². The van der Waals surface area contributed by atoms with Crippen LogP contribution in [0.2, 0.25) is 0 Å². The number of ether oxygens (including phenoxy) is 1. The summed E-state index contributed by atoms with van der Waals surface area (Å²) in [6, 6.07) is 13.5. The van der Waals surface area contributed by atoms with Crippen LogP contribution in [0.5, 0.6) is 0 Å². The highest BCUT2D eigenvalue weighted by Crippen LogP contribution is 2.13. The molecule has 13 N–H and O–H groups in total. The van der Waals surface area contributed by atoms with Crippen LogP contribution in [0.4, 0.5) is 4.79 Å². The summed E-state index contributed by atoms with van der Waals surface area (Å²) in [4.78, 5) is 68.5. The van der Waals surface area contributed by atoms with E-state index in [4.69, 9.17) is 33.1 Å². The van der Waals surface area contributed by atoms with Crippen LogP contribution in [0.15, 0.2) is 72.2 Å². The molecule has 0 saturated heterocycles. The SMILES string of the molecule is C=CCNC(=O)C(Cc1ccc(C(=N)N)cc1)C(=O)N[C@@H](CCCCNC(=O)OCc1ccccc1)C(=O)N[C@@H](CCCN=C(N)N)C(N)=O. The van der Waals surface area contributed by atoms with Crippen molar-refractivity contribution in [3.8, 4) is 0 Å². The molecule has 0 aromatic heterocycles. The molecule has 0 aliphatic rings. The Hall–Kier alpha value is -5.93. The molecular formula is C34H48N10O6. The zero-order valence-electron chi connectivity index (χ0n) is 28.0. The summed E-state index contributed by atoms with van der Waals surface area (Å²) in [5.74, 6) is -4.29. The molecule has 0 radical (unpaired) electrons. The number of alkyl carbamates (subject to hydrolysis) is 1. The van der Waals surface area contributed by atoms with E-state index in [1.54, 1.807) is 24.3 Å². The zero-order valence-corrected chi connectivity index (χ0v) is 28.0. The molecule has 3 atom stereocenters. The number of hydrogen-bond acceptors (Lipinski definition) is 8. The van der Waals surface area contributed by atoms with E-state index in [9.17, 15) is 24.0 Å². The Morgan fingerprint density at radius 2 is 1.46 bits per heavy atom. The van der Waals surface area contributed by atoms with Gasteiger partial charge in [-0.15, -0.1) is 6.58 Å². The lowest BCUT2D eigenvalue weighted by Crippen LogP contribution is -2.55. The van der Waals surface area contributed by atoms with Crippen LogP contribution < -0.4 is 44.2 Å². The molecule has 0 fully saturated rings. The number of primary amides is 1. The Kier molecular flexibility index (Phi) is 17.6. The number of hydrogen-bond donors (Lipinski definition) is 9. The summed E-state index contributed by atoms with van der Waals surface area (Å²) in [7, 11) is 0. The Morgan fingerprint density at radius 3 is 2.08 bits per heavy atom. The van der Waals surface area contributed by atoms with E-state index in [2.05, 4.69) is 32.8 Å². The number of nitrogen functional groups attached to an aromatic ring is 1. The lowest BCUT2D eigenvalue weighted by Gasteiger charge is -2.24. The number of carbonyl (C=O) groups excluding carboxylic acids is 5. The fourth-order valence-corrected chi connectivity index (χ4v) is 4.70. The molecule has 2 aromatic carbocycles. The van der Waals surface area contributed by atoms with Crippen molar-refractivity contribution in [1.29, 1.82) is 5.41 Å². The highest BCUT2D eigenvalue weighted by atomic mass is 16.5. The summed E-state index contributed by atoms with van der Waals surface area (Å²) in [6.45, 7) is 4.24. The van der Waals surface area contributed by atoms with Gasteiger partial charge in [-0.3, -0.25) is 29.6 Å². The first-order valence-electron chi connectivity index (χ1n) is 16.1. The summed E-state index contributed by atoms with van der Waals surface area (Å²) < 4.78 is 5.21. The quantitative estimate of drug-likeness (QED) is 0.0264. The first-order chi connectivity index (χ1) is 23.9. The van der Waals surface area contributed by atoms with Crippen molar-refractivity contribution in [2.45, 2.75) is 57.2 Å². The van der Waals surface area contributed by atoms with Crippen LogP contribution in [-0.4, -0.2) is 73.2 Å². The van der Waals surface area contributed by atoms with Crippen LogP contribution in [0.25, 0.3) is 0 Å². The van der Waals surface area contributed by atoms with Gasteiger partial charge in [0.15, 0.2) is 5.96 Å². The maximum atomic E-state index is 13.7. The first kappa shape index (κ1) is 40.2. The van der Waals surface area contributed by atoms with Crippen molar-refractivity contribution in [1.82, 2.24) is 21.3 Å². The van der Waals surface area contributed by atoms with Crippen LogP contribution in [-0.2, 0) is 36.9 Å².